The van der Waals surface area contributed by atoms with E-state index in [4.69, 9.17) is 4.42 Å². The number of hydrogen-bond donors (Lipinski definition) is 0. The molecule has 16 rings (SSSR count). The molecule has 11 aromatic carbocycles. The summed E-state index contributed by atoms with van der Waals surface area (Å²) in [6, 6.07) is 94.7. The van der Waals surface area contributed by atoms with Gasteiger partial charge >= 0.3 is 0 Å². The first kappa shape index (κ1) is 39.5. The second-order valence-corrected chi connectivity index (χ2v) is 24.4. The van der Waals surface area contributed by atoms with Crippen molar-refractivity contribution in [2.45, 2.75) is 11.3 Å². The molecule has 0 bridgehead atoms. The number of fused-ring (bicyclic) bond motifs is 19. The average Bonchev–Trinajstić information content (AvgIpc) is 4.22. The summed E-state index contributed by atoms with van der Waals surface area (Å²) in [4.78, 5) is 0. The lowest BCUT2D eigenvalue weighted by atomic mass is 9.67. The van der Waals surface area contributed by atoms with Crippen molar-refractivity contribution in [3.63, 3.8) is 0 Å². The monoisotopic (exact) mass is 934 g/mol. The van der Waals surface area contributed by atoms with Gasteiger partial charge < -0.3 is 4.42 Å². The van der Waals surface area contributed by atoms with Gasteiger partial charge in [0.1, 0.15) is 11.2 Å². The summed E-state index contributed by atoms with van der Waals surface area (Å²) in [5.74, 6) is -0.0856. The predicted molar refractivity (Wildman–Crippen MR) is 299 cm³/mol. The molecule has 2 atom stereocenters. The molecule has 2 unspecified atom stereocenters. The van der Waals surface area contributed by atoms with E-state index in [0.717, 1.165) is 16.6 Å². The van der Waals surface area contributed by atoms with E-state index in [0.29, 0.717) is 0 Å². The fraction of sp³-hybridized carbons (Fsp3) is 0.0294. The highest BCUT2D eigenvalue weighted by atomic mass is 32.1. The SMILES string of the molecule is c1ccc(C(c2cccc(C3(c4ccccc4)c4ccccc4-c4ccccc43)c2)c2cccc3c2[Si]2(c4ccccc4-c4cc5c(cc42)oc2ccccc25)c2cc4c(cc2-3)sc2ccccc24)cc1. The molecule has 330 valence electrons. The van der Waals surface area contributed by atoms with E-state index in [1.165, 1.54) is 119 Å². The van der Waals surface area contributed by atoms with Crippen LogP contribution in [0.5, 0.6) is 0 Å². The largest absolute Gasteiger partial charge is 0.456 e. The zero-order valence-corrected chi connectivity index (χ0v) is 40.4. The summed E-state index contributed by atoms with van der Waals surface area (Å²) in [5.41, 5.74) is 18.5. The lowest BCUT2D eigenvalue weighted by Gasteiger charge is -2.35. The number of furan rings is 1. The zero-order chi connectivity index (χ0) is 46.4. The van der Waals surface area contributed by atoms with Gasteiger partial charge in [-0.2, -0.15) is 0 Å². The van der Waals surface area contributed by atoms with Crippen LogP contribution in [0.3, 0.4) is 0 Å². The lowest BCUT2D eigenvalue weighted by molar-refractivity contribution is 0.669. The number of hydrogen-bond acceptors (Lipinski definition) is 2. The average molecular weight is 935 g/mol. The number of thiophene rings is 1. The van der Waals surface area contributed by atoms with Gasteiger partial charge in [-0.05, 0) is 123 Å². The van der Waals surface area contributed by atoms with Crippen LogP contribution < -0.4 is 20.7 Å². The standard InChI is InChI=1S/C68H42OSSi/c1-3-19-42(20-4-1)66(43-21-17-24-45(37-43)68(44-22-5-2-6-23-44)57-32-12-7-25-46(57)47-26-8-13-33-58(47)68)52-31-18-30-51-56-39-62-54(49-28-10-15-35-61(49)70-62)40-64(56)71(67(51)52)63-36-16-11-29-50(63)55-38-53-48-27-9-14-34-59(48)69-60(53)41-65(55)71/h1-41,66H. The van der Waals surface area contributed by atoms with Crippen LogP contribution in [0.15, 0.2) is 253 Å². The van der Waals surface area contributed by atoms with Gasteiger partial charge in [0.25, 0.3) is 0 Å². The van der Waals surface area contributed by atoms with Crippen molar-refractivity contribution in [1.82, 2.24) is 0 Å². The molecule has 0 fully saturated rings. The summed E-state index contributed by atoms with van der Waals surface area (Å²) in [6.07, 6.45) is 0. The maximum absolute atomic E-state index is 6.87. The normalized spacial score (nSPS) is 16.0. The van der Waals surface area contributed by atoms with Crippen molar-refractivity contribution < 1.29 is 4.42 Å². The molecule has 3 heteroatoms. The Morgan fingerprint density at radius 3 is 1.77 bits per heavy atom. The van der Waals surface area contributed by atoms with E-state index in [1.54, 1.807) is 0 Å². The Hall–Kier alpha value is -8.34. The van der Waals surface area contributed by atoms with E-state index in [9.17, 15) is 0 Å². The van der Waals surface area contributed by atoms with Gasteiger partial charge in [-0.15, -0.1) is 11.3 Å². The van der Waals surface area contributed by atoms with Crippen LogP contribution in [0.1, 0.15) is 44.9 Å². The van der Waals surface area contributed by atoms with Crippen molar-refractivity contribution in [2.75, 3.05) is 0 Å². The highest BCUT2D eigenvalue weighted by Gasteiger charge is 2.56. The first-order valence-electron chi connectivity index (χ1n) is 24.8. The van der Waals surface area contributed by atoms with Crippen LogP contribution in [0, 0.1) is 0 Å². The molecule has 0 amide bonds. The second kappa shape index (κ2) is 14.6. The van der Waals surface area contributed by atoms with E-state index < -0.39 is 13.5 Å². The minimum Gasteiger partial charge on any atom is -0.456 e. The predicted octanol–water partition coefficient (Wildman–Crippen LogP) is 14.8. The van der Waals surface area contributed by atoms with Crippen LogP contribution in [-0.2, 0) is 5.41 Å². The molecular formula is C68H42OSSi. The van der Waals surface area contributed by atoms with Crippen LogP contribution in [0.2, 0.25) is 0 Å². The summed E-state index contributed by atoms with van der Waals surface area (Å²) in [5, 5.41) is 10.9. The summed E-state index contributed by atoms with van der Waals surface area (Å²) in [6.45, 7) is 0. The van der Waals surface area contributed by atoms with Crippen LogP contribution in [0.25, 0.3) is 75.5 Å². The molecule has 0 saturated heterocycles. The number of para-hydroxylation sites is 1. The van der Waals surface area contributed by atoms with Crippen molar-refractivity contribution in [3.8, 4) is 33.4 Å². The van der Waals surface area contributed by atoms with Crippen LogP contribution >= 0.6 is 11.3 Å². The zero-order valence-electron chi connectivity index (χ0n) is 38.6. The maximum Gasteiger partial charge on any atom is 0.182 e. The van der Waals surface area contributed by atoms with Gasteiger partial charge in [0, 0.05) is 36.9 Å². The third-order valence-electron chi connectivity index (χ3n) is 16.5. The second-order valence-electron chi connectivity index (χ2n) is 19.7. The molecule has 13 aromatic rings. The van der Waals surface area contributed by atoms with Crippen molar-refractivity contribution in [1.29, 1.82) is 0 Å². The van der Waals surface area contributed by atoms with Gasteiger partial charge in [0.2, 0.25) is 0 Å². The van der Waals surface area contributed by atoms with Gasteiger partial charge in [-0.25, -0.2) is 0 Å². The lowest BCUT2D eigenvalue weighted by Crippen LogP contribution is -2.71. The molecule has 2 aliphatic heterocycles. The van der Waals surface area contributed by atoms with Crippen molar-refractivity contribution in [2.24, 2.45) is 0 Å². The van der Waals surface area contributed by atoms with Gasteiger partial charge in [-0.3, -0.25) is 0 Å². The highest BCUT2D eigenvalue weighted by Crippen LogP contribution is 2.56. The first-order valence-corrected chi connectivity index (χ1v) is 27.6. The summed E-state index contributed by atoms with van der Waals surface area (Å²) >= 11 is 1.92. The molecule has 1 nitrogen and oxygen atoms in total. The Kier molecular flexibility index (Phi) is 8.12. The number of rotatable bonds is 5. The molecule has 3 aliphatic rings. The molecule has 0 saturated carbocycles. The van der Waals surface area contributed by atoms with E-state index >= 15 is 0 Å². The summed E-state index contributed by atoms with van der Waals surface area (Å²) in [7, 11) is -3.13. The molecule has 0 radical (unpaired) electrons. The van der Waals surface area contributed by atoms with Gasteiger partial charge in [-0.1, -0.05) is 218 Å². The minimum absolute atomic E-state index is 0.0856. The maximum atomic E-state index is 6.87. The Balaban J connectivity index is 1.02. The number of benzene rings is 11. The topological polar surface area (TPSA) is 13.1 Å². The summed E-state index contributed by atoms with van der Waals surface area (Å²) < 4.78 is 9.53. The smallest absolute Gasteiger partial charge is 0.182 e. The van der Waals surface area contributed by atoms with Gasteiger partial charge in [0.05, 0.1) is 5.41 Å². The van der Waals surface area contributed by atoms with Crippen LogP contribution in [-0.4, -0.2) is 8.07 Å². The van der Waals surface area contributed by atoms with E-state index in [-0.39, 0.29) is 5.92 Å². The van der Waals surface area contributed by atoms with Gasteiger partial charge in [0.15, 0.2) is 8.07 Å². The molecule has 4 heterocycles. The first-order chi connectivity index (χ1) is 35.2. The quantitative estimate of drug-likeness (QED) is 0.124. The Bertz CT molecular complexity index is 4320. The molecule has 71 heavy (non-hydrogen) atoms. The van der Waals surface area contributed by atoms with Crippen LogP contribution in [0.4, 0.5) is 0 Å². The molecule has 0 N–H and O–H groups in total. The van der Waals surface area contributed by atoms with E-state index in [1.807, 2.05) is 11.3 Å². The highest BCUT2D eigenvalue weighted by molar-refractivity contribution is 7.27. The Morgan fingerprint density at radius 2 is 0.958 bits per heavy atom. The fourth-order valence-electron chi connectivity index (χ4n) is 13.8. The molecule has 2 aromatic heterocycles. The van der Waals surface area contributed by atoms with E-state index in [2.05, 4.69) is 249 Å². The Morgan fingerprint density at radius 1 is 0.352 bits per heavy atom. The third kappa shape index (κ3) is 5.14. The fourth-order valence-corrected chi connectivity index (χ4v) is 20.8. The molecular weight excluding hydrogens is 893 g/mol. The third-order valence-corrected chi connectivity index (χ3v) is 22.6. The Labute approximate surface area is 416 Å². The molecule has 1 aliphatic carbocycles. The van der Waals surface area contributed by atoms with Crippen molar-refractivity contribution in [3.05, 3.63) is 288 Å². The van der Waals surface area contributed by atoms with Crippen molar-refractivity contribution >= 4 is 82.3 Å². The molecule has 1 spiro atoms. The minimum atomic E-state index is -3.13.